The third kappa shape index (κ3) is 7.99. The maximum atomic E-state index is 14.0. The highest BCUT2D eigenvalue weighted by molar-refractivity contribution is 7.92. The Kier molecular flexibility index (Phi) is 9.93. The molecule has 1 N–H and O–H groups in total. The predicted molar refractivity (Wildman–Crippen MR) is 161 cm³/mol. The smallest absolute Gasteiger partial charge is 0.264 e. The van der Waals surface area contributed by atoms with Crippen LogP contribution in [0.3, 0.4) is 0 Å². The number of carbonyl (C=O) groups excluding carboxylic acids is 2. The van der Waals surface area contributed by atoms with Crippen LogP contribution in [-0.4, -0.2) is 43.3 Å². The van der Waals surface area contributed by atoms with Crippen molar-refractivity contribution < 1.29 is 18.0 Å². The van der Waals surface area contributed by atoms with E-state index in [1.165, 1.54) is 29.2 Å². The van der Waals surface area contributed by atoms with Crippen LogP contribution in [0.2, 0.25) is 10.0 Å². The normalized spacial score (nSPS) is 12.5. The molecule has 0 aliphatic carbocycles. The van der Waals surface area contributed by atoms with E-state index >= 15 is 0 Å². The SMILES string of the molecule is Cc1ccc(N(CC(=O)N(Cc2ccc(Cl)cc2)C(C)C(=O)NC(C)(C)C)S(=O)(=O)c2ccc(Cl)cc2)cc1C. The van der Waals surface area contributed by atoms with Crippen LogP contribution in [0.1, 0.15) is 44.4 Å². The molecule has 0 radical (unpaired) electrons. The Morgan fingerprint density at radius 2 is 1.43 bits per heavy atom. The minimum atomic E-state index is -4.17. The number of nitrogens with zero attached hydrogens (tertiary/aromatic N) is 2. The van der Waals surface area contributed by atoms with Gasteiger partial charge < -0.3 is 10.2 Å². The van der Waals surface area contributed by atoms with Gasteiger partial charge in [0, 0.05) is 22.1 Å². The molecule has 0 bridgehead atoms. The van der Waals surface area contributed by atoms with E-state index in [9.17, 15) is 18.0 Å². The average Bonchev–Trinajstić information content (AvgIpc) is 2.87. The number of rotatable bonds is 9. The third-order valence-electron chi connectivity index (χ3n) is 6.39. The molecule has 1 unspecified atom stereocenters. The molecule has 3 aromatic carbocycles. The first-order chi connectivity index (χ1) is 18.6. The van der Waals surface area contributed by atoms with Gasteiger partial charge in [-0.1, -0.05) is 41.4 Å². The molecule has 0 saturated heterocycles. The molecule has 10 heteroatoms. The van der Waals surface area contributed by atoms with Gasteiger partial charge in [0.15, 0.2) is 0 Å². The summed E-state index contributed by atoms with van der Waals surface area (Å²) in [4.78, 5) is 28.5. The number of aryl methyl sites for hydroxylation is 2. The van der Waals surface area contributed by atoms with E-state index in [0.29, 0.717) is 15.7 Å². The Morgan fingerprint density at radius 3 is 1.95 bits per heavy atom. The molecule has 0 aliphatic heterocycles. The van der Waals surface area contributed by atoms with Crippen molar-refractivity contribution >= 4 is 50.7 Å². The van der Waals surface area contributed by atoms with Crippen LogP contribution >= 0.6 is 23.2 Å². The standard InChI is InChI=1S/C30H35Cl2N3O4S/c1-20-7-14-26(17-21(20)2)35(40(38,39)27-15-12-25(32)13-16-27)19-28(36)34(18-23-8-10-24(31)11-9-23)22(3)29(37)33-30(4,5)6/h7-17,22H,18-19H2,1-6H3,(H,33,37). The molecular formula is C30H35Cl2N3O4S. The second-order valence-corrected chi connectivity index (χ2v) is 13.5. The van der Waals surface area contributed by atoms with Gasteiger partial charge in [0.05, 0.1) is 10.6 Å². The van der Waals surface area contributed by atoms with Crippen molar-refractivity contribution in [1.29, 1.82) is 0 Å². The van der Waals surface area contributed by atoms with Gasteiger partial charge in [-0.15, -0.1) is 0 Å². The largest absolute Gasteiger partial charge is 0.350 e. The molecule has 2 amide bonds. The molecule has 40 heavy (non-hydrogen) atoms. The van der Waals surface area contributed by atoms with Crippen LogP contribution in [0, 0.1) is 13.8 Å². The molecule has 0 aromatic heterocycles. The average molecular weight is 605 g/mol. The van der Waals surface area contributed by atoms with Gasteiger partial charge in [0.1, 0.15) is 12.6 Å². The number of carbonyl (C=O) groups is 2. The zero-order valence-corrected chi connectivity index (χ0v) is 25.9. The molecule has 0 saturated carbocycles. The van der Waals surface area contributed by atoms with Crippen molar-refractivity contribution in [3.8, 4) is 0 Å². The predicted octanol–water partition coefficient (Wildman–Crippen LogP) is 6.14. The summed E-state index contributed by atoms with van der Waals surface area (Å²) in [6.45, 7) is 10.5. The number of benzene rings is 3. The number of hydrogen-bond donors (Lipinski definition) is 1. The second kappa shape index (κ2) is 12.6. The Balaban J connectivity index is 2.06. The molecule has 0 heterocycles. The van der Waals surface area contributed by atoms with Crippen molar-refractivity contribution in [2.24, 2.45) is 0 Å². The minimum Gasteiger partial charge on any atom is -0.350 e. The third-order valence-corrected chi connectivity index (χ3v) is 8.68. The van der Waals surface area contributed by atoms with Crippen molar-refractivity contribution in [1.82, 2.24) is 10.2 Å². The molecule has 3 aromatic rings. The fourth-order valence-corrected chi connectivity index (χ4v) is 5.64. The lowest BCUT2D eigenvalue weighted by Crippen LogP contribution is -2.54. The summed E-state index contributed by atoms with van der Waals surface area (Å²) in [6.07, 6.45) is 0. The summed E-state index contributed by atoms with van der Waals surface area (Å²) >= 11 is 12.1. The quantitative estimate of drug-likeness (QED) is 0.318. The van der Waals surface area contributed by atoms with Gasteiger partial charge in [-0.25, -0.2) is 8.42 Å². The highest BCUT2D eigenvalue weighted by Crippen LogP contribution is 2.27. The fraction of sp³-hybridized carbons (Fsp3) is 0.333. The molecule has 0 fully saturated rings. The van der Waals surface area contributed by atoms with E-state index in [1.807, 2.05) is 40.7 Å². The Labute approximate surface area is 247 Å². The molecule has 1 atom stereocenters. The first-order valence-corrected chi connectivity index (χ1v) is 15.0. The zero-order valence-electron chi connectivity index (χ0n) is 23.5. The van der Waals surface area contributed by atoms with E-state index in [-0.39, 0.29) is 17.3 Å². The van der Waals surface area contributed by atoms with Crippen LogP contribution in [-0.2, 0) is 26.2 Å². The summed E-state index contributed by atoms with van der Waals surface area (Å²) in [5, 5.41) is 3.84. The zero-order chi connectivity index (χ0) is 29.8. The summed E-state index contributed by atoms with van der Waals surface area (Å²) in [5.41, 5.74) is 2.41. The highest BCUT2D eigenvalue weighted by Gasteiger charge is 2.33. The van der Waals surface area contributed by atoms with Crippen molar-refractivity contribution in [2.45, 2.75) is 64.6 Å². The number of anilines is 1. The van der Waals surface area contributed by atoms with E-state index in [4.69, 9.17) is 23.2 Å². The Morgan fingerprint density at radius 1 is 0.875 bits per heavy atom. The molecular weight excluding hydrogens is 569 g/mol. The van der Waals surface area contributed by atoms with Gasteiger partial charge in [0.25, 0.3) is 10.0 Å². The first kappa shape index (κ1) is 31.5. The summed E-state index contributed by atoms with van der Waals surface area (Å²) in [7, 11) is -4.17. The number of nitrogens with one attached hydrogen (secondary N) is 1. The first-order valence-electron chi connectivity index (χ1n) is 12.8. The van der Waals surface area contributed by atoms with E-state index in [0.717, 1.165) is 21.0 Å². The van der Waals surface area contributed by atoms with E-state index in [2.05, 4.69) is 5.32 Å². The van der Waals surface area contributed by atoms with Gasteiger partial charge in [-0.2, -0.15) is 0 Å². The van der Waals surface area contributed by atoms with Gasteiger partial charge in [-0.3, -0.25) is 13.9 Å². The van der Waals surface area contributed by atoms with Crippen LogP contribution in [0.5, 0.6) is 0 Å². The Hall–Kier alpha value is -3.07. The summed E-state index contributed by atoms with van der Waals surface area (Å²) in [6, 6.07) is 17.0. The second-order valence-electron chi connectivity index (χ2n) is 10.8. The van der Waals surface area contributed by atoms with Crippen LogP contribution in [0.4, 0.5) is 5.69 Å². The molecule has 214 valence electrons. The Bertz CT molecular complexity index is 1470. The maximum absolute atomic E-state index is 14.0. The summed E-state index contributed by atoms with van der Waals surface area (Å²) in [5.74, 6) is -0.893. The lowest BCUT2D eigenvalue weighted by molar-refractivity contribution is -0.140. The number of amides is 2. The highest BCUT2D eigenvalue weighted by atomic mass is 35.5. The van der Waals surface area contributed by atoms with Crippen LogP contribution < -0.4 is 9.62 Å². The molecule has 0 aliphatic rings. The molecule has 0 spiro atoms. The maximum Gasteiger partial charge on any atom is 0.264 e. The van der Waals surface area contributed by atoms with Crippen LogP contribution in [0.25, 0.3) is 0 Å². The van der Waals surface area contributed by atoms with Crippen LogP contribution in [0.15, 0.2) is 71.6 Å². The fourth-order valence-electron chi connectivity index (χ4n) is 3.99. The molecule has 3 rings (SSSR count). The number of halogens is 2. The lowest BCUT2D eigenvalue weighted by Gasteiger charge is -2.33. The topological polar surface area (TPSA) is 86.8 Å². The van der Waals surface area contributed by atoms with E-state index < -0.39 is 34.1 Å². The number of sulfonamides is 1. The van der Waals surface area contributed by atoms with E-state index in [1.54, 1.807) is 43.3 Å². The van der Waals surface area contributed by atoms with Crippen molar-refractivity contribution in [3.05, 3.63) is 93.5 Å². The lowest BCUT2D eigenvalue weighted by atomic mass is 10.1. The molecule has 7 nitrogen and oxygen atoms in total. The van der Waals surface area contributed by atoms with Gasteiger partial charge in [-0.05, 0) is 107 Å². The van der Waals surface area contributed by atoms with Crippen molar-refractivity contribution in [3.63, 3.8) is 0 Å². The minimum absolute atomic E-state index is 0.00861. The summed E-state index contributed by atoms with van der Waals surface area (Å²) < 4.78 is 28.9. The number of hydrogen-bond acceptors (Lipinski definition) is 4. The van der Waals surface area contributed by atoms with Gasteiger partial charge in [0.2, 0.25) is 11.8 Å². The monoisotopic (exact) mass is 603 g/mol. The van der Waals surface area contributed by atoms with Crippen molar-refractivity contribution in [2.75, 3.05) is 10.8 Å². The van der Waals surface area contributed by atoms with Gasteiger partial charge >= 0.3 is 0 Å².